The molecule has 5 heteroatoms. The molecule has 0 bridgehead atoms. The number of carbonyl (C=O) groups excluding carboxylic acids is 1. The highest BCUT2D eigenvalue weighted by Crippen LogP contribution is 2.40. The zero-order valence-corrected chi connectivity index (χ0v) is 7.56. The van der Waals surface area contributed by atoms with E-state index in [0.717, 1.165) is 0 Å². The van der Waals surface area contributed by atoms with E-state index in [4.69, 9.17) is 10.4 Å². The molecule has 0 amide bonds. The molecule has 1 rings (SSSR count). The Bertz CT molecular complexity index is 339. The Morgan fingerprint density at radius 2 is 2.29 bits per heavy atom. The van der Waals surface area contributed by atoms with Gasteiger partial charge in [-0.05, 0) is 12.3 Å². The number of nitriles is 1. The number of carboxylic acids is 1. The van der Waals surface area contributed by atoms with Crippen LogP contribution in [0.3, 0.4) is 0 Å². The van der Waals surface area contributed by atoms with Gasteiger partial charge in [0.1, 0.15) is 11.6 Å². The Morgan fingerprint density at radius 3 is 2.64 bits per heavy atom. The zero-order chi connectivity index (χ0) is 10.7. The third-order valence-electron chi connectivity index (χ3n) is 2.06. The van der Waals surface area contributed by atoms with Crippen LogP contribution in [-0.4, -0.2) is 24.2 Å². The van der Waals surface area contributed by atoms with Gasteiger partial charge < -0.3 is 9.84 Å². The smallest absolute Gasteiger partial charge is 0.348 e. The Kier molecular flexibility index (Phi) is 2.87. The molecule has 0 aromatic heterocycles. The van der Waals surface area contributed by atoms with Crippen LogP contribution in [0, 0.1) is 23.2 Å². The minimum atomic E-state index is -0.895. The molecule has 0 unspecified atom stereocenters. The van der Waals surface area contributed by atoms with E-state index in [-0.39, 0.29) is 11.5 Å². The molecular weight excluding hydrogens is 186 g/mol. The molecule has 0 aromatic rings. The molecule has 0 aromatic carbocycles. The molecule has 2 atom stereocenters. The van der Waals surface area contributed by atoms with Crippen LogP contribution in [0.25, 0.3) is 0 Å². The SMILES string of the molecule is COC(=O)C(C#N)=C[C@@H]1C[C@H]1C(=O)O. The van der Waals surface area contributed by atoms with Gasteiger partial charge in [0.25, 0.3) is 0 Å². The lowest BCUT2D eigenvalue weighted by Gasteiger charge is -1.94. The summed E-state index contributed by atoms with van der Waals surface area (Å²) < 4.78 is 4.35. The third-order valence-corrected chi connectivity index (χ3v) is 2.06. The number of carboxylic acid groups (broad SMARTS) is 1. The van der Waals surface area contributed by atoms with Crippen molar-refractivity contribution in [2.24, 2.45) is 11.8 Å². The lowest BCUT2D eigenvalue weighted by atomic mass is 10.2. The fourth-order valence-corrected chi connectivity index (χ4v) is 1.16. The van der Waals surface area contributed by atoms with Gasteiger partial charge in [-0.3, -0.25) is 4.79 Å². The molecule has 14 heavy (non-hydrogen) atoms. The highest BCUT2D eigenvalue weighted by Gasteiger charge is 2.42. The molecule has 0 saturated heterocycles. The number of ether oxygens (including phenoxy) is 1. The molecule has 0 aliphatic heterocycles. The van der Waals surface area contributed by atoms with Crippen LogP contribution in [0.15, 0.2) is 11.6 Å². The molecule has 74 valence electrons. The predicted molar refractivity (Wildman–Crippen MR) is 44.9 cm³/mol. The van der Waals surface area contributed by atoms with Crippen LogP contribution in [0.4, 0.5) is 0 Å². The second kappa shape index (κ2) is 3.92. The lowest BCUT2D eigenvalue weighted by Crippen LogP contribution is -2.04. The quantitative estimate of drug-likeness (QED) is 0.398. The van der Waals surface area contributed by atoms with Crippen LogP contribution in [0.2, 0.25) is 0 Å². The first-order valence-electron chi connectivity index (χ1n) is 4.03. The minimum Gasteiger partial charge on any atom is -0.481 e. The summed E-state index contributed by atoms with van der Waals surface area (Å²) in [5, 5.41) is 17.1. The molecule has 0 radical (unpaired) electrons. The van der Waals surface area contributed by atoms with Crippen molar-refractivity contribution in [2.75, 3.05) is 7.11 Å². The summed E-state index contributed by atoms with van der Waals surface area (Å²) >= 11 is 0. The van der Waals surface area contributed by atoms with Crippen molar-refractivity contribution < 1.29 is 19.4 Å². The van der Waals surface area contributed by atoms with E-state index in [9.17, 15) is 9.59 Å². The highest BCUT2D eigenvalue weighted by molar-refractivity contribution is 5.93. The van der Waals surface area contributed by atoms with E-state index in [2.05, 4.69) is 4.74 Å². The summed E-state index contributed by atoms with van der Waals surface area (Å²) in [6, 6.07) is 1.68. The minimum absolute atomic E-state index is 0.124. The van der Waals surface area contributed by atoms with E-state index in [1.165, 1.54) is 13.2 Å². The molecule has 1 aliphatic carbocycles. The molecule has 1 N–H and O–H groups in total. The molecule has 0 heterocycles. The fourth-order valence-electron chi connectivity index (χ4n) is 1.16. The van der Waals surface area contributed by atoms with Gasteiger partial charge in [0.05, 0.1) is 13.0 Å². The summed E-state index contributed by atoms with van der Waals surface area (Å²) in [5.41, 5.74) is -0.124. The van der Waals surface area contributed by atoms with Crippen molar-refractivity contribution in [1.29, 1.82) is 5.26 Å². The molecular formula is C9H9NO4. The van der Waals surface area contributed by atoms with Crippen LogP contribution >= 0.6 is 0 Å². The second-order valence-corrected chi connectivity index (χ2v) is 3.03. The van der Waals surface area contributed by atoms with E-state index >= 15 is 0 Å². The number of hydrogen-bond acceptors (Lipinski definition) is 4. The van der Waals surface area contributed by atoms with Crippen LogP contribution in [-0.2, 0) is 14.3 Å². The standard InChI is InChI=1S/C9H9NO4/c1-14-9(13)6(4-10)2-5-3-7(5)8(11)12/h2,5,7H,3H2,1H3,(H,11,12)/t5-,7-/m1/s1. The summed E-state index contributed by atoms with van der Waals surface area (Å²) in [5.74, 6) is -2.28. The number of rotatable bonds is 3. The summed E-state index contributed by atoms with van der Waals surface area (Å²) in [6.45, 7) is 0. The van der Waals surface area contributed by atoms with Gasteiger partial charge in [-0.25, -0.2) is 4.79 Å². The number of esters is 1. The Labute approximate surface area is 80.6 Å². The van der Waals surface area contributed by atoms with Gasteiger partial charge in [0.15, 0.2) is 0 Å². The maximum atomic E-state index is 10.9. The van der Waals surface area contributed by atoms with Gasteiger partial charge in [-0.15, -0.1) is 0 Å². The van der Waals surface area contributed by atoms with Crippen LogP contribution in [0.5, 0.6) is 0 Å². The lowest BCUT2D eigenvalue weighted by molar-refractivity contribution is -0.139. The Hall–Kier alpha value is -1.83. The van der Waals surface area contributed by atoms with Gasteiger partial charge in [0.2, 0.25) is 0 Å². The van der Waals surface area contributed by atoms with Gasteiger partial charge in [-0.2, -0.15) is 5.26 Å². The number of methoxy groups -OCH3 is 1. The number of carbonyl (C=O) groups is 2. The van der Waals surface area contributed by atoms with Crippen molar-refractivity contribution in [2.45, 2.75) is 6.42 Å². The molecule has 1 fully saturated rings. The van der Waals surface area contributed by atoms with E-state index in [1.807, 2.05) is 0 Å². The summed E-state index contributed by atoms with van der Waals surface area (Å²) in [6.07, 6.45) is 1.85. The zero-order valence-electron chi connectivity index (χ0n) is 7.56. The van der Waals surface area contributed by atoms with Gasteiger partial charge in [-0.1, -0.05) is 6.08 Å². The average molecular weight is 195 g/mol. The molecule has 5 nitrogen and oxygen atoms in total. The van der Waals surface area contributed by atoms with E-state index in [1.54, 1.807) is 6.07 Å². The second-order valence-electron chi connectivity index (χ2n) is 3.03. The third kappa shape index (κ3) is 2.10. The molecule has 1 saturated carbocycles. The maximum absolute atomic E-state index is 10.9. The normalized spacial score (nSPS) is 25.0. The van der Waals surface area contributed by atoms with Crippen molar-refractivity contribution in [3.63, 3.8) is 0 Å². The van der Waals surface area contributed by atoms with E-state index in [0.29, 0.717) is 6.42 Å². The molecule has 1 aliphatic rings. The van der Waals surface area contributed by atoms with Crippen molar-refractivity contribution in [3.05, 3.63) is 11.6 Å². The molecule has 0 spiro atoms. The summed E-state index contributed by atoms with van der Waals surface area (Å²) in [4.78, 5) is 21.4. The van der Waals surface area contributed by atoms with Crippen LogP contribution in [0.1, 0.15) is 6.42 Å². The number of aliphatic carboxylic acids is 1. The van der Waals surface area contributed by atoms with Gasteiger partial charge in [0, 0.05) is 0 Å². The maximum Gasteiger partial charge on any atom is 0.348 e. The highest BCUT2D eigenvalue weighted by atomic mass is 16.5. The Morgan fingerprint density at radius 1 is 1.64 bits per heavy atom. The largest absolute Gasteiger partial charge is 0.481 e. The number of nitrogens with zero attached hydrogens (tertiary/aromatic N) is 1. The first-order chi connectivity index (χ1) is 6.60. The van der Waals surface area contributed by atoms with Crippen molar-refractivity contribution >= 4 is 11.9 Å². The summed E-state index contributed by atoms with van der Waals surface area (Å²) in [7, 11) is 1.18. The van der Waals surface area contributed by atoms with Crippen molar-refractivity contribution in [3.8, 4) is 6.07 Å². The first-order valence-corrected chi connectivity index (χ1v) is 4.03. The topological polar surface area (TPSA) is 87.4 Å². The van der Waals surface area contributed by atoms with Gasteiger partial charge >= 0.3 is 11.9 Å². The number of hydrogen-bond donors (Lipinski definition) is 1. The fraction of sp³-hybridized carbons (Fsp3) is 0.444. The number of allylic oxidation sites excluding steroid dienone is 1. The van der Waals surface area contributed by atoms with Crippen LogP contribution < -0.4 is 0 Å². The monoisotopic (exact) mass is 195 g/mol. The van der Waals surface area contributed by atoms with E-state index < -0.39 is 17.9 Å². The predicted octanol–water partition coefficient (Wildman–Crippen LogP) is 0.330. The first kappa shape index (κ1) is 10.3. The van der Waals surface area contributed by atoms with Crippen molar-refractivity contribution in [1.82, 2.24) is 0 Å². The Balaban J connectivity index is 2.65. The average Bonchev–Trinajstić information content (AvgIpc) is 2.92.